The standard InChI is InChI=1S/C28H26N6O2/c1-17-30-26(25(29)35)33-34(17)24-14-12-23(13-15-24)28(3,4)22-10-8-19(9-11-22)20-6-5-7-21(16-20)27-32-31-18(2)36-27/h5-16H,1-4H3,(H2,29,35). The zero-order chi connectivity index (χ0) is 25.4. The summed E-state index contributed by atoms with van der Waals surface area (Å²) in [7, 11) is 0. The van der Waals surface area contributed by atoms with E-state index in [0.717, 1.165) is 27.9 Å². The molecule has 2 aromatic heterocycles. The second-order valence-electron chi connectivity index (χ2n) is 9.21. The zero-order valence-electron chi connectivity index (χ0n) is 20.6. The fraction of sp³-hybridized carbons (Fsp3) is 0.179. The Morgan fingerprint density at radius 3 is 2.08 bits per heavy atom. The molecule has 2 heterocycles. The third kappa shape index (κ3) is 4.29. The quantitative estimate of drug-likeness (QED) is 0.366. The van der Waals surface area contributed by atoms with Crippen molar-refractivity contribution in [3.8, 4) is 28.3 Å². The molecule has 8 nitrogen and oxygen atoms in total. The second kappa shape index (κ2) is 8.88. The van der Waals surface area contributed by atoms with Crippen molar-refractivity contribution >= 4 is 5.91 Å². The van der Waals surface area contributed by atoms with Crippen molar-refractivity contribution in [1.29, 1.82) is 0 Å². The van der Waals surface area contributed by atoms with Crippen LogP contribution in [-0.2, 0) is 5.41 Å². The van der Waals surface area contributed by atoms with Gasteiger partial charge in [0.05, 0.1) is 5.69 Å². The van der Waals surface area contributed by atoms with Crippen LogP contribution in [0.25, 0.3) is 28.3 Å². The van der Waals surface area contributed by atoms with Crippen LogP contribution in [-0.4, -0.2) is 30.9 Å². The van der Waals surface area contributed by atoms with E-state index in [4.69, 9.17) is 10.2 Å². The molecule has 0 aliphatic heterocycles. The molecular weight excluding hydrogens is 452 g/mol. The van der Waals surface area contributed by atoms with Crippen molar-refractivity contribution in [3.63, 3.8) is 0 Å². The maximum atomic E-state index is 11.4. The van der Waals surface area contributed by atoms with Gasteiger partial charge >= 0.3 is 0 Å². The summed E-state index contributed by atoms with van der Waals surface area (Å²) in [5.74, 6) is 1.03. The average molecular weight is 479 g/mol. The number of carbonyl (C=O) groups is 1. The summed E-state index contributed by atoms with van der Waals surface area (Å²) < 4.78 is 7.20. The Bertz CT molecular complexity index is 1550. The molecule has 5 rings (SSSR count). The number of aromatic nitrogens is 5. The Labute approximate surface area is 208 Å². The molecule has 0 radical (unpaired) electrons. The van der Waals surface area contributed by atoms with Crippen molar-refractivity contribution in [3.05, 3.63) is 101 Å². The molecule has 0 spiro atoms. The average Bonchev–Trinajstić information content (AvgIpc) is 3.50. The van der Waals surface area contributed by atoms with Gasteiger partial charge in [0.2, 0.25) is 17.6 Å². The highest BCUT2D eigenvalue weighted by Gasteiger charge is 2.23. The Morgan fingerprint density at radius 2 is 1.50 bits per heavy atom. The van der Waals surface area contributed by atoms with Crippen molar-refractivity contribution in [2.45, 2.75) is 33.1 Å². The summed E-state index contributed by atoms with van der Waals surface area (Å²) >= 11 is 0. The van der Waals surface area contributed by atoms with Gasteiger partial charge in [0, 0.05) is 17.9 Å². The van der Waals surface area contributed by atoms with E-state index >= 15 is 0 Å². The van der Waals surface area contributed by atoms with Crippen LogP contribution in [0.1, 0.15) is 47.3 Å². The molecule has 2 N–H and O–H groups in total. The van der Waals surface area contributed by atoms with Crippen LogP contribution in [0.15, 0.2) is 77.2 Å². The van der Waals surface area contributed by atoms with E-state index in [2.05, 4.69) is 82.7 Å². The Balaban J connectivity index is 1.39. The predicted octanol–water partition coefficient (Wildman–Crippen LogP) is 5.03. The lowest BCUT2D eigenvalue weighted by Crippen LogP contribution is -2.19. The van der Waals surface area contributed by atoms with Gasteiger partial charge in [0.15, 0.2) is 0 Å². The molecule has 0 atom stereocenters. The Kier molecular flexibility index (Phi) is 5.72. The summed E-state index contributed by atoms with van der Waals surface area (Å²) in [6.07, 6.45) is 0. The lowest BCUT2D eigenvalue weighted by molar-refractivity contribution is 0.0990. The van der Waals surface area contributed by atoms with Crippen molar-refractivity contribution in [2.75, 3.05) is 0 Å². The topological polar surface area (TPSA) is 113 Å². The molecule has 3 aromatic carbocycles. The van der Waals surface area contributed by atoms with E-state index in [1.807, 2.05) is 24.3 Å². The van der Waals surface area contributed by atoms with Gasteiger partial charge in [-0.1, -0.05) is 62.4 Å². The van der Waals surface area contributed by atoms with Crippen LogP contribution < -0.4 is 5.73 Å². The van der Waals surface area contributed by atoms with Crippen LogP contribution >= 0.6 is 0 Å². The van der Waals surface area contributed by atoms with Crippen LogP contribution in [0.2, 0.25) is 0 Å². The predicted molar refractivity (Wildman–Crippen MR) is 137 cm³/mol. The molecule has 0 unspecified atom stereocenters. The maximum absolute atomic E-state index is 11.4. The number of nitrogens with zero attached hydrogens (tertiary/aromatic N) is 5. The first-order valence-electron chi connectivity index (χ1n) is 11.6. The minimum absolute atomic E-state index is 0.00902. The number of hydrogen-bond donors (Lipinski definition) is 1. The minimum atomic E-state index is -0.644. The third-order valence-electron chi connectivity index (χ3n) is 6.40. The summed E-state index contributed by atoms with van der Waals surface area (Å²) in [5, 5.41) is 12.3. The number of amides is 1. The highest BCUT2D eigenvalue weighted by atomic mass is 16.4. The van der Waals surface area contributed by atoms with Gasteiger partial charge in [-0.15, -0.1) is 15.3 Å². The lowest BCUT2D eigenvalue weighted by Gasteiger charge is -2.26. The fourth-order valence-electron chi connectivity index (χ4n) is 4.25. The molecule has 5 aromatic rings. The Hall–Kier alpha value is -4.59. The fourth-order valence-corrected chi connectivity index (χ4v) is 4.25. The van der Waals surface area contributed by atoms with Crippen LogP contribution in [0, 0.1) is 13.8 Å². The normalized spacial score (nSPS) is 11.6. The van der Waals surface area contributed by atoms with Crippen LogP contribution in [0.5, 0.6) is 0 Å². The highest BCUT2D eigenvalue weighted by molar-refractivity contribution is 5.88. The first kappa shape index (κ1) is 23.2. The van der Waals surface area contributed by atoms with Gasteiger partial charge < -0.3 is 10.2 Å². The largest absolute Gasteiger partial charge is 0.421 e. The maximum Gasteiger partial charge on any atom is 0.288 e. The van der Waals surface area contributed by atoms with Gasteiger partial charge in [-0.05, 0) is 53.4 Å². The first-order chi connectivity index (χ1) is 17.2. The highest BCUT2D eigenvalue weighted by Crippen LogP contribution is 2.34. The van der Waals surface area contributed by atoms with E-state index in [9.17, 15) is 4.79 Å². The van der Waals surface area contributed by atoms with Crippen molar-refractivity contribution in [2.24, 2.45) is 5.73 Å². The molecule has 0 aliphatic carbocycles. The third-order valence-corrected chi connectivity index (χ3v) is 6.40. The smallest absolute Gasteiger partial charge is 0.288 e. The summed E-state index contributed by atoms with van der Waals surface area (Å²) in [5.41, 5.74) is 11.3. The van der Waals surface area contributed by atoms with E-state index in [-0.39, 0.29) is 11.2 Å². The summed E-state index contributed by atoms with van der Waals surface area (Å²) in [4.78, 5) is 15.5. The van der Waals surface area contributed by atoms with E-state index in [1.54, 1.807) is 18.5 Å². The minimum Gasteiger partial charge on any atom is -0.421 e. The molecule has 0 saturated heterocycles. The molecular formula is C28H26N6O2. The molecule has 1 amide bonds. The Morgan fingerprint density at radius 1 is 0.861 bits per heavy atom. The van der Waals surface area contributed by atoms with Crippen molar-refractivity contribution in [1.82, 2.24) is 25.0 Å². The molecule has 180 valence electrons. The molecule has 0 saturated carbocycles. The number of nitrogens with two attached hydrogens (primary N) is 1. The van der Waals surface area contributed by atoms with Gasteiger partial charge in [-0.25, -0.2) is 9.67 Å². The monoisotopic (exact) mass is 478 g/mol. The molecule has 8 heteroatoms. The number of benzene rings is 3. The van der Waals surface area contributed by atoms with Gasteiger partial charge in [0.25, 0.3) is 5.91 Å². The number of carbonyl (C=O) groups excluding carboxylic acids is 1. The van der Waals surface area contributed by atoms with E-state index in [0.29, 0.717) is 17.6 Å². The number of hydrogen-bond acceptors (Lipinski definition) is 6. The molecule has 36 heavy (non-hydrogen) atoms. The molecule has 0 bridgehead atoms. The number of primary amides is 1. The number of aryl methyl sites for hydroxylation is 2. The van der Waals surface area contributed by atoms with E-state index < -0.39 is 5.91 Å². The lowest BCUT2D eigenvalue weighted by atomic mass is 9.78. The molecule has 0 fully saturated rings. The first-order valence-corrected chi connectivity index (χ1v) is 11.6. The second-order valence-corrected chi connectivity index (χ2v) is 9.21. The summed E-state index contributed by atoms with van der Waals surface area (Å²) in [6.45, 7) is 7.96. The van der Waals surface area contributed by atoms with Crippen molar-refractivity contribution < 1.29 is 9.21 Å². The number of rotatable bonds is 6. The van der Waals surface area contributed by atoms with Crippen LogP contribution in [0.4, 0.5) is 0 Å². The van der Waals surface area contributed by atoms with Gasteiger partial charge in [-0.2, -0.15) is 0 Å². The molecule has 0 aliphatic rings. The van der Waals surface area contributed by atoms with Gasteiger partial charge in [-0.3, -0.25) is 4.79 Å². The van der Waals surface area contributed by atoms with E-state index in [1.165, 1.54) is 5.56 Å². The van der Waals surface area contributed by atoms with Gasteiger partial charge in [0.1, 0.15) is 5.82 Å². The SMILES string of the molecule is Cc1nnc(-c2cccc(-c3ccc(C(C)(C)c4ccc(-n5nc(C(N)=O)nc5C)cc4)cc3)c2)o1. The zero-order valence-corrected chi connectivity index (χ0v) is 20.6. The summed E-state index contributed by atoms with van der Waals surface area (Å²) in [6, 6.07) is 24.8. The van der Waals surface area contributed by atoms with Crippen LogP contribution in [0.3, 0.4) is 0 Å².